The van der Waals surface area contributed by atoms with Crippen molar-refractivity contribution in [3.05, 3.63) is 53.7 Å². The summed E-state index contributed by atoms with van der Waals surface area (Å²) in [6.07, 6.45) is 3.26. The molecule has 5 rings (SSSR count). The second-order valence-corrected chi connectivity index (χ2v) is 9.29. The number of carbonyl (C=O) groups is 1. The Morgan fingerprint density at radius 1 is 1.28 bits per heavy atom. The predicted octanol–water partition coefficient (Wildman–Crippen LogP) is 3.20. The number of anilines is 1. The van der Waals surface area contributed by atoms with Crippen molar-refractivity contribution in [1.29, 1.82) is 0 Å². The van der Waals surface area contributed by atoms with Crippen molar-refractivity contribution < 1.29 is 23.4 Å². The second-order valence-electron chi connectivity index (χ2n) is 9.29. The minimum absolute atomic E-state index is 0.150. The summed E-state index contributed by atoms with van der Waals surface area (Å²) in [5.41, 5.74) is 0.117. The molecular weight excluding hydrogens is 474 g/mol. The first-order valence-electron chi connectivity index (χ1n) is 11.3. The van der Waals surface area contributed by atoms with Gasteiger partial charge in [0.2, 0.25) is 5.82 Å². The number of aliphatic hydroxyl groups is 1. The standard InChI is InChI=1S/C23H24F2N8O3/c1-23(2,35)12-36-11-13-5-6-32-17(10-26-18(32)7-13)22(34)28-16-8-14(9-27-19(16)20(24)25)21-29-31-33(30-21)15-3-4-15/h5-10,15,20,35H,3-4,11-12H2,1-2H3,(H,28,34). The van der Waals surface area contributed by atoms with Crippen LogP contribution < -0.4 is 5.32 Å². The predicted molar refractivity (Wildman–Crippen MR) is 123 cm³/mol. The molecule has 1 amide bonds. The largest absolute Gasteiger partial charge is 0.388 e. The molecule has 4 aromatic heterocycles. The molecule has 11 nitrogen and oxygen atoms in total. The first kappa shape index (κ1) is 23.9. The molecule has 0 aliphatic heterocycles. The average Bonchev–Trinajstić information content (AvgIpc) is 3.39. The van der Waals surface area contributed by atoms with E-state index in [0.717, 1.165) is 18.4 Å². The number of alkyl halides is 2. The van der Waals surface area contributed by atoms with Crippen LogP contribution in [-0.2, 0) is 11.3 Å². The molecule has 0 unspecified atom stereocenters. The van der Waals surface area contributed by atoms with Gasteiger partial charge >= 0.3 is 0 Å². The molecule has 4 aromatic rings. The molecule has 0 radical (unpaired) electrons. The van der Waals surface area contributed by atoms with E-state index in [1.807, 2.05) is 0 Å². The molecule has 188 valence electrons. The van der Waals surface area contributed by atoms with E-state index in [1.54, 1.807) is 32.2 Å². The third kappa shape index (κ3) is 5.21. The number of carbonyl (C=O) groups excluding carboxylic acids is 1. The van der Waals surface area contributed by atoms with Gasteiger partial charge in [0.15, 0.2) is 0 Å². The van der Waals surface area contributed by atoms with Crippen LogP contribution in [0.5, 0.6) is 0 Å². The Kier molecular flexibility index (Phi) is 6.18. The molecule has 4 heterocycles. The number of tetrazole rings is 1. The number of aromatic nitrogens is 7. The van der Waals surface area contributed by atoms with Gasteiger partial charge in [0, 0.05) is 18.0 Å². The van der Waals surface area contributed by atoms with E-state index in [9.17, 15) is 18.7 Å². The Morgan fingerprint density at radius 2 is 2.08 bits per heavy atom. The number of nitrogens with one attached hydrogen (secondary N) is 1. The fourth-order valence-electron chi connectivity index (χ4n) is 3.56. The number of ether oxygens (including phenoxy) is 1. The normalized spacial score (nSPS) is 14.1. The van der Waals surface area contributed by atoms with Gasteiger partial charge in [-0.1, -0.05) is 0 Å². The second kappa shape index (κ2) is 9.32. The van der Waals surface area contributed by atoms with Crippen molar-refractivity contribution in [1.82, 2.24) is 34.6 Å². The fraction of sp³-hybridized carbons (Fsp3) is 0.391. The molecule has 13 heteroatoms. The summed E-state index contributed by atoms with van der Waals surface area (Å²) in [5.74, 6) is -0.399. The van der Waals surface area contributed by atoms with Crippen LogP contribution in [0.4, 0.5) is 14.5 Å². The molecule has 0 aromatic carbocycles. The van der Waals surface area contributed by atoms with Crippen molar-refractivity contribution >= 4 is 17.2 Å². The van der Waals surface area contributed by atoms with Crippen LogP contribution in [0.2, 0.25) is 0 Å². The number of halogens is 2. The van der Waals surface area contributed by atoms with Crippen molar-refractivity contribution in [3.8, 4) is 11.4 Å². The molecule has 1 fully saturated rings. The Labute approximate surface area is 204 Å². The van der Waals surface area contributed by atoms with Gasteiger partial charge < -0.3 is 15.2 Å². The van der Waals surface area contributed by atoms with E-state index in [4.69, 9.17) is 4.74 Å². The molecule has 1 aliphatic carbocycles. The molecule has 2 N–H and O–H groups in total. The lowest BCUT2D eigenvalue weighted by Crippen LogP contribution is -2.25. The van der Waals surface area contributed by atoms with Gasteiger partial charge in [0.1, 0.15) is 17.0 Å². The van der Waals surface area contributed by atoms with Crippen molar-refractivity contribution in [3.63, 3.8) is 0 Å². The summed E-state index contributed by atoms with van der Waals surface area (Å²) >= 11 is 0. The minimum atomic E-state index is -2.90. The lowest BCUT2D eigenvalue weighted by Gasteiger charge is -2.16. The highest BCUT2D eigenvalue weighted by Crippen LogP contribution is 2.34. The van der Waals surface area contributed by atoms with E-state index in [0.29, 0.717) is 11.2 Å². The summed E-state index contributed by atoms with van der Waals surface area (Å²) in [5, 5.41) is 24.6. The smallest absolute Gasteiger partial charge is 0.282 e. The van der Waals surface area contributed by atoms with Crippen LogP contribution in [0.25, 0.3) is 17.0 Å². The first-order valence-corrected chi connectivity index (χ1v) is 11.3. The lowest BCUT2D eigenvalue weighted by molar-refractivity contribution is -0.0268. The van der Waals surface area contributed by atoms with Gasteiger partial charge in [-0.25, -0.2) is 13.8 Å². The van der Waals surface area contributed by atoms with Gasteiger partial charge in [-0.2, -0.15) is 4.80 Å². The Hall–Kier alpha value is -3.84. The lowest BCUT2D eigenvalue weighted by atomic mass is 10.2. The molecule has 0 bridgehead atoms. The maximum absolute atomic E-state index is 13.6. The summed E-state index contributed by atoms with van der Waals surface area (Å²) in [4.78, 5) is 22.6. The third-order valence-corrected chi connectivity index (χ3v) is 5.47. The number of hydrogen-bond acceptors (Lipinski definition) is 8. The molecule has 0 atom stereocenters. The number of amides is 1. The number of hydrogen-bond donors (Lipinski definition) is 2. The van der Waals surface area contributed by atoms with Crippen LogP contribution in [-0.4, -0.2) is 57.8 Å². The first-order chi connectivity index (χ1) is 17.2. The average molecular weight is 498 g/mol. The van der Waals surface area contributed by atoms with Crippen molar-refractivity contribution in [2.45, 2.75) is 51.4 Å². The van der Waals surface area contributed by atoms with Crippen molar-refractivity contribution in [2.75, 3.05) is 11.9 Å². The van der Waals surface area contributed by atoms with Gasteiger partial charge in [0.05, 0.1) is 36.7 Å². The summed E-state index contributed by atoms with van der Waals surface area (Å²) in [6.45, 7) is 3.71. The Morgan fingerprint density at radius 3 is 2.81 bits per heavy atom. The molecule has 0 spiro atoms. The molecular formula is C23H24F2N8O3. The van der Waals surface area contributed by atoms with Gasteiger partial charge in [-0.3, -0.25) is 14.2 Å². The van der Waals surface area contributed by atoms with Gasteiger partial charge in [0.25, 0.3) is 12.3 Å². The van der Waals surface area contributed by atoms with Crippen molar-refractivity contribution in [2.24, 2.45) is 0 Å². The number of rotatable bonds is 9. The monoisotopic (exact) mass is 498 g/mol. The van der Waals surface area contributed by atoms with Crippen LogP contribution >= 0.6 is 0 Å². The highest BCUT2D eigenvalue weighted by Gasteiger charge is 2.27. The Bertz CT molecular complexity index is 1410. The summed E-state index contributed by atoms with van der Waals surface area (Å²) < 4.78 is 34.3. The SMILES string of the molecule is CC(C)(O)COCc1ccn2c(C(=O)Nc3cc(-c4nnn(C5CC5)n4)cnc3C(F)F)cnc2c1. The zero-order valence-electron chi connectivity index (χ0n) is 19.6. The Balaban J connectivity index is 1.36. The molecule has 36 heavy (non-hydrogen) atoms. The minimum Gasteiger partial charge on any atom is -0.388 e. The zero-order chi connectivity index (χ0) is 25.4. The zero-order valence-corrected chi connectivity index (χ0v) is 19.6. The third-order valence-electron chi connectivity index (χ3n) is 5.47. The van der Waals surface area contributed by atoms with E-state index < -0.39 is 23.6 Å². The molecule has 1 saturated carbocycles. The quantitative estimate of drug-likeness (QED) is 0.360. The fourth-order valence-corrected chi connectivity index (χ4v) is 3.56. The maximum Gasteiger partial charge on any atom is 0.282 e. The van der Waals surface area contributed by atoms with E-state index >= 15 is 0 Å². The summed E-state index contributed by atoms with van der Waals surface area (Å²) in [7, 11) is 0. The van der Waals surface area contributed by atoms with E-state index in [1.165, 1.54) is 27.7 Å². The molecule has 1 aliphatic rings. The maximum atomic E-state index is 13.6. The van der Waals surface area contributed by atoms with E-state index in [2.05, 4.69) is 30.7 Å². The number of nitrogens with zero attached hydrogens (tertiary/aromatic N) is 7. The summed E-state index contributed by atoms with van der Waals surface area (Å²) in [6, 6.07) is 5.06. The molecule has 0 saturated heterocycles. The van der Waals surface area contributed by atoms with Crippen LogP contribution in [0.15, 0.2) is 36.8 Å². The van der Waals surface area contributed by atoms with E-state index in [-0.39, 0.29) is 36.5 Å². The highest BCUT2D eigenvalue weighted by atomic mass is 19.3. The van der Waals surface area contributed by atoms with Gasteiger partial charge in [-0.05, 0) is 55.7 Å². The van der Waals surface area contributed by atoms with Crippen LogP contribution in [0.3, 0.4) is 0 Å². The number of fused-ring (bicyclic) bond motifs is 1. The number of imidazole rings is 1. The highest BCUT2D eigenvalue weighted by molar-refractivity contribution is 6.04. The number of pyridine rings is 2. The van der Waals surface area contributed by atoms with Crippen LogP contribution in [0, 0.1) is 0 Å². The topological polar surface area (TPSA) is 132 Å². The van der Waals surface area contributed by atoms with Gasteiger partial charge in [-0.15, -0.1) is 10.2 Å². The van der Waals surface area contributed by atoms with Crippen LogP contribution in [0.1, 0.15) is 60.9 Å².